The summed E-state index contributed by atoms with van der Waals surface area (Å²) in [4.78, 5) is 38.8. The van der Waals surface area contributed by atoms with E-state index in [0.717, 1.165) is 28.5 Å². The summed E-state index contributed by atoms with van der Waals surface area (Å²) >= 11 is 0. The minimum absolute atomic E-state index is 0.0154. The Labute approximate surface area is 146 Å². The van der Waals surface area contributed by atoms with Gasteiger partial charge < -0.3 is 0 Å². The number of carbonyl (C=O) groups is 1. The van der Waals surface area contributed by atoms with Gasteiger partial charge in [0.05, 0.1) is 0 Å². The van der Waals surface area contributed by atoms with Gasteiger partial charge in [0.2, 0.25) is 5.78 Å². The molecule has 0 unspecified atom stereocenters. The fourth-order valence-corrected chi connectivity index (χ4v) is 3.42. The van der Waals surface area contributed by atoms with E-state index < -0.39 is 5.69 Å². The van der Waals surface area contributed by atoms with Crippen LogP contribution in [0.4, 0.5) is 0 Å². The van der Waals surface area contributed by atoms with Gasteiger partial charge in [-0.25, -0.2) is 4.79 Å². The molecule has 1 aliphatic carbocycles. The van der Waals surface area contributed by atoms with Crippen LogP contribution in [0, 0.1) is 13.8 Å². The van der Waals surface area contributed by atoms with Crippen LogP contribution in [-0.4, -0.2) is 14.9 Å². The van der Waals surface area contributed by atoms with E-state index in [4.69, 9.17) is 0 Å². The molecule has 1 aromatic carbocycles. The summed E-state index contributed by atoms with van der Waals surface area (Å²) in [5.41, 5.74) is 2.43. The van der Waals surface area contributed by atoms with Gasteiger partial charge in [0.15, 0.2) is 0 Å². The van der Waals surface area contributed by atoms with Crippen LogP contribution >= 0.6 is 0 Å². The number of ketones is 1. The smallest absolute Gasteiger partial charge is 0.287 e. The molecule has 0 aliphatic heterocycles. The van der Waals surface area contributed by atoms with Crippen LogP contribution < -0.4 is 11.2 Å². The first-order valence-electron chi connectivity index (χ1n) is 8.70. The van der Waals surface area contributed by atoms with Crippen molar-refractivity contribution in [1.29, 1.82) is 0 Å². The zero-order chi connectivity index (χ0) is 18.5. The summed E-state index contributed by atoms with van der Waals surface area (Å²) in [6.07, 6.45) is 1.73. The Morgan fingerprint density at radius 1 is 1.08 bits per heavy atom. The van der Waals surface area contributed by atoms with Crippen LogP contribution in [-0.2, 0) is 7.05 Å². The molecule has 1 aliphatic rings. The molecule has 0 atom stereocenters. The Kier molecular flexibility index (Phi) is 4.27. The van der Waals surface area contributed by atoms with E-state index in [1.807, 2.05) is 45.9 Å². The Hall–Kier alpha value is -2.43. The highest BCUT2D eigenvalue weighted by Crippen LogP contribution is 2.36. The molecule has 132 valence electrons. The van der Waals surface area contributed by atoms with Gasteiger partial charge in [0.1, 0.15) is 5.69 Å². The molecule has 0 radical (unpaired) electrons. The second-order valence-corrected chi connectivity index (χ2v) is 7.37. The Balaban J connectivity index is 2.35. The van der Waals surface area contributed by atoms with E-state index in [0.29, 0.717) is 11.1 Å². The van der Waals surface area contributed by atoms with Crippen LogP contribution in [0.1, 0.15) is 71.4 Å². The average molecular weight is 340 g/mol. The minimum Gasteiger partial charge on any atom is -0.287 e. The second kappa shape index (κ2) is 6.14. The lowest BCUT2D eigenvalue weighted by Crippen LogP contribution is -2.43. The lowest BCUT2D eigenvalue weighted by Gasteiger charge is -2.19. The number of nitrogens with zero attached hydrogens (tertiary/aromatic N) is 2. The molecular formula is C20H24N2O3. The Morgan fingerprint density at radius 3 is 2.12 bits per heavy atom. The number of carbonyl (C=O) groups excluding carboxylic acids is 1. The molecule has 0 saturated heterocycles. The normalized spacial score (nSPS) is 14.2. The van der Waals surface area contributed by atoms with E-state index in [9.17, 15) is 14.4 Å². The van der Waals surface area contributed by atoms with Crippen LogP contribution in [0.25, 0.3) is 0 Å². The lowest BCUT2D eigenvalue weighted by molar-refractivity contribution is 0.102. The number of aromatic nitrogens is 2. The largest absolute Gasteiger partial charge is 0.331 e. The van der Waals surface area contributed by atoms with Crippen molar-refractivity contribution in [2.24, 2.45) is 7.05 Å². The summed E-state index contributed by atoms with van der Waals surface area (Å²) < 4.78 is 2.68. The number of hydrogen-bond donors (Lipinski definition) is 0. The van der Waals surface area contributed by atoms with E-state index in [1.165, 1.54) is 7.05 Å². The van der Waals surface area contributed by atoms with Crippen LogP contribution in [0.15, 0.2) is 27.8 Å². The fraction of sp³-hybridized carbons (Fsp3) is 0.450. The Bertz CT molecular complexity index is 918. The van der Waals surface area contributed by atoms with Crippen LogP contribution in [0.5, 0.6) is 0 Å². The third-order valence-corrected chi connectivity index (χ3v) is 4.71. The van der Waals surface area contributed by atoms with Crippen molar-refractivity contribution in [2.45, 2.75) is 52.5 Å². The number of aryl methyl sites for hydroxylation is 2. The van der Waals surface area contributed by atoms with Gasteiger partial charge in [0, 0.05) is 24.2 Å². The minimum atomic E-state index is -0.398. The predicted octanol–water partition coefficient (Wildman–Crippen LogP) is 2.85. The van der Waals surface area contributed by atoms with Crippen molar-refractivity contribution < 1.29 is 4.79 Å². The molecule has 0 N–H and O–H groups in total. The van der Waals surface area contributed by atoms with Gasteiger partial charge in [0.25, 0.3) is 5.56 Å². The monoisotopic (exact) mass is 340 g/mol. The van der Waals surface area contributed by atoms with E-state index in [2.05, 4.69) is 0 Å². The van der Waals surface area contributed by atoms with Gasteiger partial charge in [-0.15, -0.1) is 0 Å². The summed E-state index contributed by atoms with van der Waals surface area (Å²) in [5.74, 6) is -0.383. The summed E-state index contributed by atoms with van der Waals surface area (Å²) in [5, 5.41) is 0. The number of rotatable bonds is 4. The molecule has 0 bridgehead atoms. The summed E-state index contributed by atoms with van der Waals surface area (Å²) in [7, 11) is 1.49. The van der Waals surface area contributed by atoms with Gasteiger partial charge in [-0.3, -0.25) is 18.7 Å². The second-order valence-electron chi connectivity index (χ2n) is 7.37. The van der Waals surface area contributed by atoms with Crippen molar-refractivity contribution in [3.8, 4) is 0 Å². The molecular weight excluding hydrogens is 316 g/mol. The maximum Gasteiger partial charge on any atom is 0.331 e. The highest BCUT2D eigenvalue weighted by molar-refractivity contribution is 6.09. The molecule has 5 heteroatoms. The topological polar surface area (TPSA) is 61.1 Å². The molecule has 25 heavy (non-hydrogen) atoms. The molecule has 3 rings (SSSR count). The van der Waals surface area contributed by atoms with E-state index >= 15 is 0 Å². The van der Waals surface area contributed by atoms with Crippen molar-refractivity contribution in [3.05, 3.63) is 67.0 Å². The zero-order valence-electron chi connectivity index (χ0n) is 15.4. The molecule has 1 fully saturated rings. The molecule has 1 heterocycles. The van der Waals surface area contributed by atoms with Gasteiger partial charge >= 0.3 is 5.69 Å². The number of benzene rings is 1. The molecule has 1 saturated carbocycles. The van der Waals surface area contributed by atoms with Gasteiger partial charge in [-0.1, -0.05) is 31.0 Å². The Morgan fingerprint density at radius 2 is 1.64 bits per heavy atom. The maximum atomic E-state index is 13.3. The first-order valence-corrected chi connectivity index (χ1v) is 8.70. The molecule has 0 amide bonds. The van der Waals surface area contributed by atoms with E-state index in [-0.39, 0.29) is 29.0 Å². The van der Waals surface area contributed by atoms with E-state index in [1.54, 1.807) is 4.57 Å². The first kappa shape index (κ1) is 17.4. The van der Waals surface area contributed by atoms with Crippen molar-refractivity contribution >= 4 is 5.78 Å². The predicted molar refractivity (Wildman–Crippen MR) is 97.7 cm³/mol. The average Bonchev–Trinajstić information content (AvgIpc) is 3.34. The third-order valence-electron chi connectivity index (χ3n) is 4.71. The SMILES string of the molecule is Cc1cc(C)cc(C(=O)c2c(C(C)C)c(=O)n(C)c(=O)n2C2CC2)c1. The highest BCUT2D eigenvalue weighted by atomic mass is 16.2. The molecule has 5 nitrogen and oxygen atoms in total. The third kappa shape index (κ3) is 2.99. The summed E-state index contributed by atoms with van der Waals surface area (Å²) in [6.45, 7) is 7.64. The zero-order valence-corrected chi connectivity index (χ0v) is 15.4. The highest BCUT2D eigenvalue weighted by Gasteiger charge is 2.33. The molecule has 0 spiro atoms. The van der Waals surface area contributed by atoms with Crippen molar-refractivity contribution in [2.75, 3.05) is 0 Å². The van der Waals surface area contributed by atoms with Crippen LogP contribution in [0.2, 0.25) is 0 Å². The maximum absolute atomic E-state index is 13.3. The number of hydrogen-bond acceptors (Lipinski definition) is 3. The lowest BCUT2D eigenvalue weighted by atomic mass is 9.95. The van der Waals surface area contributed by atoms with Crippen LogP contribution in [0.3, 0.4) is 0 Å². The summed E-state index contributed by atoms with van der Waals surface area (Å²) in [6, 6.07) is 5.65. The van der Waals surface area contributed by atoms with Crippen molar-refractivity contribution in [3.63, 3.8) is 0 Å². The van der Waals surface area contributed by atoms with Gasteiger partial charge in [-0.2, -0.15) is 0 Å². The molecule has 2 aromatic rings. The fourth-order valence-electron chi connectivity index (χ4n) is 3.42. The first-order chi connectivity index (χ1) is 11.7. The quantitative estimate of drug-likeness (QED) is 0.804. The molecule has 1 aromatic heterocycles. The van der Waals surface area contributed by atoms with Gasteiger partial charge in [-0.05, 0) is 44.7 Å². The van der Waals surface area contributed by atoms with Crippen molar-refractivity contribution in [1.82, 2.24) is 9.13 Å². The standard InChI is InChI=1S/C20H24N2O3/c1-11(2)16-17(18(23)14-9-12(3)8-13(4)10-14)22(15-6-7-15)20(25)21(5)19(16)24/h8-11,15H,6-7H2,1-5H3.